The first-order valence-corrected chi connectivity index (χ1v) is 6.92. The Bertz CT molecular complexity index is 498. The van der Waals surface area contributed by atoms with Crippen molar-refractivity contribution in [2.45, 2.75) is 6.61 Å². The minimum absolute atomic E-state index is 0.271. The zero-order valence-corrected chi connectivity index (χ0v) is 12.0. The van der Waals surface area contributed by atoms with Crippen LogP contribution in [0.4, 0.5) is 4.39 Å². The van der Waals surface area contributed by atoms with Crippen molar-refractivity contribution in [2.24, 2.45) is 0 Å². The lowest BCUT2D eigenvalue weighted by Crippen LogP contribution is -1.95. The number of halogens is 3. The van der Waals surface area contributed by atoms with Gasteiger partial charge < -0.3 is 4.74 Å². The molecule has 1 heterocycles. The highest BCUT2D eigenvalue weighted by atomic mass is 79.9. The standard InChI is InChI=1S/C11H7Br2FOS/c12-7-1-2-11(10(14)4-7)15-5-9-3-8(13)6-16-9/h1-4,6H,5H2. The number of thiophene rings is 1. The molecule has 0 atom stereocenters. The number of hydrogen-bond donors (Lipinski definition) is 0. The van der Waals surface area contributed by atoms with E-state index in [1.807, 2.05) is 11.4 Å². The van der Waals surface area contributed by atoms with Crippen LogP contribution in [0, 0.1) is 5.82 Å². The van der Waals surface area contributed by atoms with Gasteiger partial charge in [-0.15, -0.1) is 11.3 Å². The first-order chi connectivity index (χ1) is 7.65. The fourth-order valence-electron chi connectivity index (χ4n) is 1.17. The summed E-state index contributed by atoms with van der Waals surface area (Å²) in [4.78, 5) is 1.05. The molecule has 5 heteroatoms. The Hall–Kier alpha value is -0.390. The van der Waals surface area contributed by atoms with Gasteiger partial charge in [0.05, 0.1) is 0 Å². The summed E-state index contributed by atoms with van der Waals surface area (Å²) in [5.41, 5.74) is 0. The second kappa shape index (κ2) is 5.29. The molecule has 0 aliphatic rings. The summed E-state index contributed by atoms with van der Waals surface area (Å²) < 4.78 is 20.5. The molecule has 0 bridgehead atoms. The fourth-order valence-corrected chi connectivity index (χ4v) is 2.87. The van der Waals surface area contributed by atoms with Gasteiger partial charge in [-0.1, -0.05) is 15.9 Å². The van der Waals surface area contributed by atoms with Gasteiger partial charge in [0.15, 0.2) is 11.6 Å². The monoisotopic (exact) mass is 364 g/mol. The molecule has 0 saturated heterocycles. The van der Waals surface area contributed by atoms with E-state index < -0.39 is 0 Å². The maximum Gasteiger partial charge on any atom is 0.166 e. The third-order valence-electron chi connectivity index (χ3n) is 1.89. The molecule has 0 aliphatic carbocycles. The number of rotatable bonds is 3. The summed E-state index contributed by atoms with van der Waals surface area (Å²) in [6.45, 7) is 0.384. The SMILES string of the molecule is Fc1cc(Br)ccc1OCc1cc(Br)cs1. The molecule has 0 aliphatic heterocycles. The number of ether oxygens (including phenoxy) is 1. The van der Waals surface area contributed by atoms with Crippen LogP contribution in [0.2, 0.25) is 0 Å². The van der Waals surface area contributed by atoms with Crippen LogP contribution in [0.5, 0.6) is 5.75 Å². The Morgan fingerprint density at radius 1 is 1.19 bits per heavy atom. The first kappa shape index (κ1) is 12.1. The number of benzene rings is 1. The molecule has 0 N–H and O–H groups in total. The van der Waals surface area contributed by atoms with Crippen LogP contribution in [-0.4, -0.2) is 0 Å². The average molecular weight is 366 g/mol. The van der Waals surface area contributed by atoms with E-state index in [9.17, 15) is 4.39 Å². The van der Waals surface area contributed by atoms with E-state index in [1.165, 1.54) is 6.07 Å². The molecule has 2 aromatic rings. The van der Waals surface area contributed by atoms with E-state index >= 15 is 0 Å². The minimum atomic E-state index is -0.356. The largest absolute Gasteiger partial charge is 0.485 e. The molecule has 1 nitrogen and oxygen atoms in total. The van der Waals surface area contributed by atoms with Crippen LogP contribution in [0.3, 0.4) is 0 Å². The van der Waals surface area contributed by atoms with Crippen LogP contribution in [0.1, 0.15) is 4.88 Å². The minimum Gasteiger partial charge on any atom is -0.485 e. The smallest absolute Gasteiger partial charge is 0.166 e. The van der Waals surface area contributed by atoms with Gasteiger partial charge in [0, 0.05) is 19.2 Å². The molecule has 0 spiro atoms. The first-order valence-electron chi connectivity index (χ1n) is 4.46. The second-order valence-electron chi connectivity index (χ2n) is 3.09. The Morgan fingerprint density at radius 2 is 2.00 bits per heavy atom. The summed E-state index contributed by atoms with van der Waals surface area (Å²) in [5.74, 6) is -0.0854. The summed E-state index contributed by atoms with van der Waals surface area (Å²) in [6, 6.07) is 6.71. The van der Waals surface area contributed by atoms with Crippen LogP contribution >= 0.6 is 43.2 Å². The van der Waals surface area contributed by atoms with E-state index in [1.54, 1.807) is 23.5 Å². The molecular weight excluding hydrogens is 359 g/mol. The predicted octanol–water partition coefficient (Wildman–Crippen LogP) is 4.99. The summed E-state index contributed by atoms with van der Waals surface area (Å²) in [7, 11) is 0. The van der Waals surface area contributed by atoms with Crippen molar-refractivity contribution < 1.29 is 9.13 Å². The molecule has 0 saturated carbocycles. The highest BCUT2D eigenvalue weighted by Crippen LogP contribution is 2.24. The molecule has 16 heavy (non-hydrogen) atoms. The van der Waals surface area contributed by atoms with Crippen molar-refractivity contribution >= 4 is 43.2 Å². The van der Waals surface area contributed by atoms with Gasteiger partial charge in [0.2, 0.25) is 0 Å². The molecule has 0 radical (unpaired) electrons. The normalized spacial score (nSPS) is 10.4. The second-order valence-corrected chi connectivity index (χ2v) is 5.92. The Balaban J connectivity index is 2.04. The molecule has 1 aromatic heterocycles. The van der Waals surface area contributed by atoms with E-state index in [0.29, 0.717) is 11.1 Å². The molecule has 0 fully saturated rings. The quantitative estimate of drug-likeness (QED) is 0.744. The zero-order valence-electron chi connectivity index (χ0n) is 8.04. The van der Waals surface area contributed by atoms with Gasteiger partial charge in [-0.25, -0.2) is 4.39 Å². The van der Waals surface area contributed by atoms with Crippen molar-refractivity contribution in [1.82, 2.24) is 0 Å². The maximum atomic E-state index is 13.4. The van der Waals surface area contributed by atoms with Crippen molar-refractivity contribution in [3.8, 4) is 5.75 Å². The molecule has 84 valence electrons. The van der Waals surface area contributed by atoms with Crippen molar-refractivity contribution in [1.29, 1.82) is 0 Å². The maximum absolute atomic E-state index is 13.4. The van der Waals surface area contributed by atoms with E-state index in [2.05, 4.69) is 31.9 Å². The van der Waals surface area contributed by atoms with Crippen LogP contribution in [0.25, 0.3) is 0 Å². The van der Waals surface area contributed by atoms with Crippen molar-refractivity contribution in [3.05, 3.63) is 49.3 Å². The predicted molar refractivity (Wildman–Crippen MR) is 70.5 cm³/mol. The summed E-state index contributed by atoms with van der Waals surface area (Å²) >= 11 is 8.13. The Morgan fingerprint density at radius 3 is 2.62 bits per heavy atom. The lowest BCUT2D eigenvalue weighted by Gasteiger charge is -2.05. The highest BCUT2D eigenvalue weighted by Gasteiger charge is 2.05. The van der Waals surface area contributed by atoms with Gasteiger partial charge in [-0.2, -0.15) is 0 Å². The lowest BCUT2D eigenvalue weighted by molar-refractivity contribution is 0.293. The van der Waals surface area contributed by atoms with Gasteiger partial charge in [-0.3, -0.25) is 0 Å². The van der Waals surface area contributed by atoms with Crippen LogP contribution < -0.4 is 4.74 Å². The molecule has 2 rings (SSSR count). The molecule has 0 unspecified atom stereocenters. The van der Waals surface area contributed by atoms with Crippen LogP contribution in [0.15, 0.2) is 38.6 Å². The Labute approximate surface area is 114 Å². The zero-order chi connectivity index (χ0) is 11.5. The number of hydrogen-bond acceptors (Lipinski definition) is 2. The van der Waals surface area contributed by atoms with Crippen LogP contribution in [-0.2, 0) is 6.61 Å². The fraction of sp³-hybridized carbons (Fsp3) is 0.0909. The molecule has 0 amide bonds. The highest BCUT2D eigenvalue weighted by molar-refractivity contribution is 9.10. The lowest BCUT2D eigenvalue weighted by atomic mass is 10.3. The van der Waals surface area contributed by atoms with Crippen molar-refractivity contribution in [2.75, 3.05) is 0 Å². The Kier molecular flexibility index (Phi) is 4.00. The van der Waals surface area contributed by atoms with Gasteiger partial charge in [0.25, 0.3) is 0 Å². The van der Waals surface area contributed by atoms with Crippen molar-refractivity contribution in [3.63, 3.8) is 0 Å². The van der Waals surface area contributed by atoms with E-state index in [-0.39, 0.29) is 11.6 Å². The topological polar surface area (TPSA) is 9.23 Å². The summed E-state index contributed by atoms with van der Waals surface area (Å²) in [6.07, 6.45) is 0. The van der Waals surface area contributed by atoms with E-state index in [4.69, 9.17) is 4.74 Å². The summed E-state index contributed by atoms with van der Waals surface area (Å²) in [5, 5.41) is 1.97. The average Bonchev–Trinajstić information content (AvgIpc) is 2.63. The third kappa shape index (κ3) is 3.06. The van der Waals surface area contributed by atoms with E-state index in [0.717, 1.165) is 9.35 Å². The van der Waals surface area contributed by atoms with Gasteiger partial charge in [-0.05, 0) is 40.2 Å². The third-order valence-corrected chi connectivity index (χ3v) is 4.05. The molecular formula is C11H7Br2FOS. The van der Waals surface area contributed by atoms with Gasteiger partial charge in [0.1, 0.15) is 6.61 Å². The van der Waals surface area contributed by atoms with Gasteiger partial charge >= 0.3 is 0 Å². The molecule has 1 aromatic carbocycles.